The largest absolute Gasteiger partial charge is 0.489 e. The Morgan fingerprint density at radius 2 is 1.73 bits per heavy atom. The number of aryl methyl sites for hydroxylation is 1. The van der Waals surface area contributed by atoms with Crippen LogP contribution in [0.3, 0.4) is 0 Å². The molecule has 0 amide bonds. The Labute approximate surface area is 153 Å². The first-order chi connectivity index (χ1) is 12.2. The van der Waals surface area contributed by atoms with Crippen LogP contribution < -0.4 is 9.04 Å². The van der Waals surface area contributed by atoms with E-state index in [1.807, 2.05) is 6.92 Å². The minimum Gasteiger partial charge on any atom is -0.489 e. The number of para-hydroxylation sites is 2. The molecule has 0 N–H and O–H groups in total. The van der Waals surface area contributed by atoms with Crippen LogP contribution in [0.1, 0.15) is 5.56 Å². The predicted octanol–water partition coefficient (Wildman–Crippen LogP) is 1.93. The summed E-state index contributed by atoms with van der Waals surface area (Å²) in [6, 6.07) is 12.1. The van der Waals surface area contributed by atoms with Gasteiger partial charge in [-0.3, -0.25) is 8.49 Å². The van der Waals surface area contributed by atoms with Gasteiger partial charge in [0, 0.05) is 0 Å². The molecule has 0 saturated heterocycles. The van der Waals surface area contributed by atoms with Crippen LogP contribution in [0.15, 0.2) is 53.4 Å². The Balaban J connectivity index is 1.84. The maximum atomic E-state index is 12.4. The van der Waals surface area contributed by atoms with Crippen molar-refractivity contribution in [2.75, 3.05) is 23.8 Å². The lowest BCUT2D eigenvalue weighted by atomic mass is 10.2. The van der Waals surface area contributed by atoms with Crippen molar-refractivity contribution in [2.45, 2.75) is 17.9 Å². The second-order valence-electron chi connectivity index (χ2n) is 6.04. The van der Waals surface area contributed by atoms with Crippen molar-refractivity contribution in [3.05, 3.63) is 54.1 Å². The highest BCUT2D eigenvalue weighted by Gasteiger charge is 2.35. The second-order valence-corrected chi connectivity index (χ2v) is 9.52. The molecule has 0 saturated carbocycles. The van der Waals surface area contributed by atoms with E-state index in [-0.39, 0.29) is 18.1 Å². The van der Waals surface area contributed by atoms with Crippen LogP contribution in [0.25, 0.3) is 0 Å². The molecule has 0 fully saturated rings. The zero-order valence-corrected chi connectivity index (χ0v) is 16.0. The molecule has 2 aromatic carbocycles. The molecular formula is C17H19NO6S2. The number of ether oxygens (including phenoxy) is 1. The van der Waals surface area contributed by atoms with Crippen molar-refractivity contribution in [2.24, 2.45) is 0 Å². The molecule has 1 aliphatic heterocycles. The SMILES string of the molecule is Cc1ccc(S(=O)(=O)OCC2COc3ccccc3N2S(C)(=O)=O)cc1. The zero-order chi connectivity index (χ0) is 18.9. The van der Waals surface area contributed by atoms with E-state index >= 15 is 0 Å². The van der Waals surface area contributed by atoms with Gasteiger partial charge in [0.05, 0.1) is 23.4 Å². The van der Waals surface area contributed by atoms with Gasteiger partial charge in [0.15, 0.2) is 0 Å². The Hall–Kier alpha value is -2.10. The lowest BCUT2D eigenvalue weighted by molar-refractivity contribution is 0.214. The van der Waals surface area contributed by atoms with Gasteiger partial charge in [-0.05, 0) is 31.2 Å². The summed E-state index contributed by atoms with van der Waals surface area (Å²) in [5.41, 5.74) is 1.28. The van der Waals surface area contributed by atoms with Crippen molar-refractivity contribution in [1.82, 2.24) is 0 Å². The highest BCUT2D eigenvalue weighted by Crippen LogP contribution is 2.35. The summed E-state index contributed by atoms with van der Waals surface area (Å²) in [6.45, 7) is 1.49. The first-order valence-electron chi connectivity index (χ1n) is 7.86. The minimum atomic E-state index is -4.00. The number of rotatable bonds is 5. The predicted molar refractivity (Wildman–Crippen MR) is 97.4 cm³/mol. The van der Waals surface area contributed by atoms with Crippen LogP contribution in [0.2, 0.25) is 0 Å². The summed E-state index contributed by atoms with van der Waals surface area (Å²) < 4.78 is 61.1. The molecule has 2 aromatic rings. The monoisotopic (exact) mass is 397 g/mol. The molecule has 0 radical (unpaired) electrons. The molecule has 1 aliphatic rings. The van der Waals surface area contributed by atoms with Crippen molar-refractivity contribution in [3.8, 4) is 5.75 Å². The molecule has 0 aliphatic carbocycles. The number of anilines is 1. The molecule has 9 heteroatoms. The van der Waals surface area contributed by atoms with Gasteiger partial charge in [0.1, 0.15) is 18.4 Å². The van der Waals surface area contributed by atoms with Crippen LogP contribution in [0.4, 0.5) is 5.69 Å². The van der Waals surface area contributed by atoms with E-state index in [1.54, 1.807) is 36.4 Å². The molecule has 0 bridgehead atoms. The number of fused-ring (bicyclic) bond motifs is 1. The normalized spacial score (nSPS) is 17.5. The summed E-state index contributed by atoms with van der Waals surface area (Å²) in [6.07, 6.45) is 1.07. The van der Waals surface area contributed by atoms with Crippen LogP contribution in [0.5, 0.6) is 5.75 Å². The Morgan fingerprint density at radius 1 is 1.08 bits per heavy atom. The Kier molecular flexibility index (Phi) is 4.96. The van der Waals surface area contributed by atoms with Crippen molar-refractivity contribution in [3.63, 3.8) is 0 Å². The summed E-state index contributed by atoms with van der Waals surface area (Å²) in [4.78, 5) is 0.0196. The molecular weight excluding hydrogens is 378 g/mol. The lowest BCUT2D eigenvalue weighted by Crippen LogP contribution is -2.49. The first-order valence-corrected chi connectivity index (χ1v) is 11.1. The Morgan fingerprint density at radius 3 is 2.38 bits per heavy atom. The van der Waals surface area contributed by atoms with E-state index in [9.17, 15) is 16.8 Å². The molecule has 1 heterocycles. The number of hydrogen-bond donors (Lipinski definition) is 0. The molecule has 1 atom stereocenters. The van der Waals surface area contributed by atoms with E-state index in [2.05, 4.69) is 0 Å². The van der Waals surface area contributed by atoms with Gasteiger partial charge in [0.25, 0.3) is 10.1 Å². The van der Waals surface area contributed by atoms with Crippen LogP contribution in [-0.2, 0) is 24.3 Å². The third-order valence-corrected chi connectivity index (χ3v) is 6.45. The fourth-order valence-electron chi connectivity index (χ4n) is 2.72. The summed E-state index contributed by atoms with van der Waals surface area (Å²) in [5.74, 6) is 0.426. The van der Waals surface area contributed by atoms with Gasteiger partial charge < -0.3 is 4.74 Å². The maximum Gasteiger partial charge on any atom is 0.297 e. The Bertz CT molecular complexity index is 1000. The van der Waals surface area contributed by atoms with Gasteiger partial charge in [-0.2, -0.15) is 8.42 Å². The molecule has 3 rings (SSSR count). The van der Waals surface area contributed by atoms with E-state index in [4.69, 9.17) is 8.92 Å². The van der Waals surface area contributed by atoms with Crippen molar-refractivity contribution >= 4 is 25.8 Å². The fraction of sp³-hybridized carbons (Fsp3) is 0.294. The third kappa shape index (κ3) is 3.84. The number of benzene rings is 2. The van der Waals surface area contributed by atoms with E-state index in [0.717, 1.165) is 16.1 Å². The first kappa shape index (κ1) is 18.7. The van der Waals surface area contributed by atoms with Crippen LogP contribution in [-0.4, -0.2) is 42.3 Å². The average molecular weight is 397 g/mol. The highest BCUT2D eigenvalue weighted by atomic mass is 32.2. The van der Waals surface area contributed by atoms with E-state index in [0.29, 0.717) is 11.4 Å². The van der Waals surface area contributed by atoms with Gasteiger partial charge in [-0.15, -0.1) is 0 Å². The molecule has 0 aromatic heterocycles. The van der Waals surface area contributed by atoms with Gasteiger partial charge in [-0.1, -0.05) is 29.8 Å². The van der Waals surface area contributed by atoms with Gasteiger partial charge in [0.2, 0.25) is 10.0 Å². The molecule has 7 nitrogen and oxygen atoms in total. The summed E-state index contributed by atoms with van der Waals surface area (Å²) in [5, 5.41) is 0. The fourth-order valence-corrected chi connectivity index (χ4v) is 4.83. The van der Waals surface area contributed by atoms with Gasteiger partial charge in [-0.25, -0.2) is 8.42 Å². The zero-order valence-electron chi connectivity index (χ0n) is 14.3. The van der Waals surface area contributed by atoms with E-state index in [1.165, 1.54) is 12.1 Å². The molecule has 140 valence electrons. The summed E-state index contributed by atoms with van der Waals surface area (Å²) >= 11 is 0. The second kappa shape index (κ2) is 6.90. The maximum absolute atomic E-state index is 12.4. The smallest absolute Gasteiger partial charge is 0.297 e. The number of nitrogens with zero attached hydrogens (tertiary/aromatic N) is 1. The lowest BCUT2D eigenvalue weighted by Gasteiger charge is -2.36. The third-order valence-electron chi connectivity index (χ3n) is 3.95. The van der Waals surface area contributed by atoms with Crippen molar-refractivity contribution in [1.29, 1.82) is 0 Å². The quantitative estimate of drug-likeness (QED) is 0.716. The molecule has 1 unspecified atom stereocenters. The highest BCUT2D eigenvalue weighted by molar-refractivity contribution is 7.92. The van der Waals surface area contributed by atoms with E-state index < -0.39 is 26.2 Å². The molecule has 0 spiro atoms. The number of sulfonamides is 1. The minimum absolute atomic E-state index is 0.00645. The average Bonchev–Trinajstić information content (AvgIpc) is 2.59. The summed E-state index contributed by atoms with van der Waals surface area (Å²) in [7, 11) is -7.65. The topological polar surface area (TPSA) is 90.0 Å². The van der Waals surface area contributed by atoms with Crippen LogP contribution >= 0.6 is 0 Å². The standard InChI is InChI=1S/C17H19NO6S2/c1-13-7-9-15(10-8-13)26(21,22)24-12-14-11-23-17-6-4-3-5-16(17)18(14)25(2,19)20/h3-10,14H,11-12H2,1-2H3. The van der Waals surface area contributed by atoms with Crippen molar-refractivity contribution < 1.29 is 25.8 Å². The molecule has 26 heavy (non-hydrogen) atoms. The van der Waals surface area contributed by atoms with Gasteiger partial charge >= 0.3 is 0 Å². The van der Waals surface area contributed by atoms with Crippen LogP contribution in [0, 0.1) is 6.92 Å². The number of hydrogen-bond acceptors (Lipinski definition) is 6.